The summed E-state index contributed by atoms with van der Waals surface area (Å²) in [6.07, 6.45) is 0.900. The Bertz CT molecular complexity index is 925. The van der Waals surface area contributed by atoms with Crippen molar-refractivity contribution in [2.45, 2.75) is 33.2 Å². The minimum atomic E-state index is -0.219. The van der Waals surface area contributed by atoms with Gasteiger partial charge in [0.25, 0.3) is 5.91 Å². The largest absolute Gasteiger partial charge is 0.344 e. The molecule has 1 unspecified atom stereocenters. The molecule has 2 N–H and O–H groups in total. The summed E-state index contributed by atoms with van der Waals surface area (Å²) in [4.78, 5) is 21.5. The van der Waals surface area contributed by atoms with Gasteiger partial charge in [-0.3, -0.25) is 4.79 Å². The molecule has 1 aromatic heterocycles. The summed E-state index contributed by atoms with van der Waals surface area (Å²) in [5.74, 6) is 0.206. The van der Waals surface area contributed by atoms with Gasteiger partial charge in [-0.05, 0) is 43.5 Å². The van der Waals surface area contributed by atoms with Crippen LogP contribution in [0.2, 0.25) is 0 Å². The van der Waals surface area contributed by atoms with Crippen molar-refractivity contribution < 1.29 is 4.79 Å². The maximum absolute atomic E-state index is 12.7. The lowest BCUT2D eigenvalue weighted by atomic mass is 10.1. The minimum Gasteiger partial charge on any atom is -0.344 e. The maximum Gasteiger partial charge on any atom is 0.270 e. The molecule has 1 atom stereocenters. The summed E-state index contributed by atoms with van der Waals surface area (Å²) < 4.78 is 0. The van der Waals surface area contributed by atoms with Gasteiger partial charge in [0.2, 0.25) is 5.95 Å². The normalized spacial score (nSPS) is 11.7. The molecule has 1 amide bonds. The molecule has 5 nitrogen and oxygen atoms in total. The second kappa shape index (κ2) is 8.45. The first kappa shape index (κ1) is 18.6. The van der Waals surface area contributed by atoms with Crippen LogP contribution in [0.3, 0.4) is 0 Å². The molecule has 0 saturated carbocycles. The lowest BCUT2D eigenvalue weighted by Gasteiger charge is -2.15. The van der Waals surface area contributed by atoms with E-state index in [4.69, 9.17) is 0 Å². The second-order valence-corrected chi connectivity index (χ2v) is 6.46. The molecule has 3 rings (SSSR count). The highest BCUT2D eigenvalue weighted by atomic mass is 16.1. The van der Waals surface area contributed by atoms with Gasteiger partial charge < -0.3 is 10.6 Å². The molecule has 138 valence electrons. The Morgan fingerprint density at radius 3 is 2.48 bits per heavy atom. The van der Waals surface area contributed by atoms with Gasteiger partial charge in [0.1, 0.15) is 5.69 Å². The van der Waals surface area contributed by atoms with Gasteiger partial charge in [-0.25, -0.2) is 9.97 Å². The number of amides is 1. The molecule has 5 heteroatoms. The van der Waals surface area contributed by atoms with E-state index in [0.717, 1.165) is 23.4 Å². The standard InChI is InChI=1S/C22H24N4O/c1-4-17-10-8-9-13-19(17)25-22-23-15(2)14-20(26-22)21(27)24-16(3)18-11-6-5-7-12-18/h5-14,16H,4H2,1-3H3,(H,24,27)(H,23,25,26). The number of hydrogen-bond acceptors (Lipinski definition) is 4. The zero-order chi connectivity index (χ0) is 19.2. The van der Waals surface area contributed by atoms with Gasteiger partial charge in [0.05, 0.1) is 6.04 Å². The van der Waals surface area contributed by atoms with Crippen LogP contribution in [0.15, 0.2) is 60.7 Å². The van der Waals surface area contributed by atoms with E-state index in [2.05, 4.69) is 33.6 Å². The third kappa shape index (κ3) is 4.70. The number of benzene rings is 2. The molecule has 0 aliphatic carbocycles. The highest BCUT2D eigenvalue weighted by Gasteiger charge is 2.15. The molecular weight excluding hydrogens is 336 g/mol. The molecule has 1 heterocycles. The fourth-order valence-corrected chi connectivity index (χ4v) is 2.91. The molecule has 0 radical (unpaired) electrons. The van der Waals surface area contributed by atoms with E-state index in [0.29, 0.717) is 11.6 Å². The van der Waals surface area contributed by atoms with Crippen LogP contribution in [0.1, 0.15) is 47.2 Å². The number of carbonyl (C=O) groups excluding carboxylic acids is 1. The molecule has 3 aromatic rings. The molecule has 0 fully saturated rings. The van der Waals surface area contributed by atoms with Crippen LogP contribution in [0.25, 0.3) is 0 Å². The summed E-state index contributed by atoms with van der Waals surface area (Å²) in [6, 6.07) is 19.5. The average molecular weight is 360 g/mol. The van der Waals surface area contributed by atoms with Gasteiger partial charge in [0, 0.05) is 11.4 Å². The van der Waals surface area contributed by atoms with E-state index < -0.39 is 0 Å². The van der Waals surface area contributed by atoms with Crippen molar-refractivity contribution in [3.05, 3.63) is 83.2 Å². The first-order valence-electron chi connectivity index (χ1n) is 9.13. The quantitative estimate of drug-likeness (QED) is 0.675. The molecule has 27 heavy (non-hydrogen) atoms. The van der Waals surface area contributed by atoms with E-state index in [1.54, 1.807) is 6.07 Å². The Labute approximate surface area is 159 Å². The van der Waals surface area contributed by atoms with Crippen molar-refractivity contribution in [3.63, 3.8) is 0 Å². The maximum atomic E-state index is 12.7. The number of nitrogens with one attached hydrogen (secondary N) is 2. The van der Waals surface area contributed by atoms with Gasteiger partial charge in [-0.15, -0.1) is 0 Å². The Morgan fingerprint density at radius 1 is 1.04 bits per heavy atom. The highest BCUT2D eigenvalue weighted by molar-refractivity contribution is 5.93. The van der Waals surface area contributed by atoms with Crippen LogP contribution in [-0.4, -0.2) is 15.9 Å². The van der Waals surface area contributed by atoms with E-state index >= 15 is 0 Å². The molecule has 0 aliphatic heterocycles. The summed E-state index contributed by atoms with van der Waals surface area (Å²) in [7, 11) is 0. The Hall–Kier alpha value is -3.21. The van der Waals surface area contributed by atoms with E-state index in [-0.39, 0.29) is 11.9 Å². The first-order valence-corrected chi connectivity index (χ1v) is 9.13. The van der Waals surface area contributed by atoms with Gasteiger partial charge in [-0.2, -0.15) is 0 Å². The van der Waals surface area contributed by atoms with Gasteiger partial charge in [0.15, 0.2) is 0 Å². The zero-order valence-corrected chi connectivity index (χ0v) is 15.9. The number of rotatable bonds is 6. The van der Waals surface area contributed by atoms with Crippen molar-refractivity contribution in [2.75, 3.05) is 5.32 Å². The molecule has 0 bridgehead atoms. The summed E-state index contributed by atoms with van der Waals surface area (Å²) in [5, 5.41) is 6.24. The van der Waals surface area contributed by atoms with E-state index in [9.17, 15) is 4.79 Å². The zero-order valence-electron chi connectivity index (χ0n) is 15.9. The third-order valence-electron chi connectivity index (χ3n) is 4.38. The number of carbonyl (C=O) groups is 1. The van der Waals surface area contributed by atoms with Crippen LogP contribution in [0, 0.1) is 6.92 Å². The van der Waals surface area contributed by atoms with Crippen molar-refractivity contribution in [3.8, 4) is 0 Å². The molecule has 0 spiro atoms. The summed E-state index contributed by atoms with van der Waals surface area (Å²) >= 11 is 0. The number of nitrogens with zero attached hydrogens (tertiary/aromatic N) is 2. The fourth-order valence-electron chi connectivity index (χ4n) is 2.91. The number of aryl methyl sites for hydroxylation is 2. The smallest absolute Gasteiger partial charge is 0.270 e. The molecule has 2 aromatic carbocycles. The Morgan fingerprint density at radius 2 is 1.74 bits per heavy atom. The van der Waals surface area contributed by atoms with Crippen molar-refractivity contribution >= 4 is 17.5 Å². The van der Waals surface area contributed by atoms with Crippen LogP contribution in [-0.2, 0) is 6.42 Å². The first-order chi connectivity index (χ1) is 13.1. The van der Waals surface area contributed by atoms with Crippen molar-refractivity contribution in [1.82, 2.24) is 15.3 Å². The summed E-state index contributed by atoms with van der Waals surface area (Å²) in [6.45, 7) is 5.91. The molecule has 0 aliphatic rings. The predicted octanol–water partition coefficient (Wildman–Crippen LogP) is 4.58. The Balaban J connectivity index is 1.79. The van der Waals surface area contributed by atoms with Crippen molar-refractivity contribution in [2.24, 2.45) is 0 Å². The fraction of sp³-hybridized carbons (Fsp3) is 0.227. The highest BCUT2D eigenvalue weighted by Crippen LogP contribution is 2.20. The van der Waals surface area contributed by atoms with Gasteiger partial charge >= 0.3 is 0 Å². The van der Waals surface area contributed by atoms with Crippen LogP contribution < -0.4 is 10.6 Å². The Kier molecular flexibility index (Phi) is 5.81. The topological polar surface area (TPSA) is 66.9 Å². The minimum absolute atomic E-state index is 0.105. The van der Waals surface area contributed by atoms with Crippen LogP contribution >= 0.6 is 0 Å². The molecule has 0 saturated heterocycles. The van der Waals surface area contributed by atoms with E-state index in [1.165, 1.54) is 5.56 Å². The number of anilines is 2. The van der Waals surface area contributed by atoms with Crippen LogP contribution in [0.4, 0.5) is 11.6 Å². The number of para-hydroxylation sites is 1. The van der Waals surface area contributed by atoms with E-state index in [1.807, 2.05) is 62.4 Å². The monoisotopic (exact) mass is 360 g/mol. The SMILES string of the molecule is CCc1ccccc1Nc1nc(C)cc(C(=O)NC(C)c2ccccc2)n1. The van der Waals surface area contributed by atoms with Crippen LogP contribution in [0.5, 0.6) is 0 Å². The lowest BCUT2D eigenvalue weighted by Crippen LogP contribution is -2.27. The number of hydrogen-bond donors (Lipinski definition) is 2. The third-order valence-corrected chi connectivity index (χ3v) is 4.38. The van der Waals surface area contributed by atoms with Crippen molar-refractivity contribution in [1.29, 1.82) is 0 Å². The second-order valence-electron chi connectivity index (χ2n) is 6.46. The van der Waals surface area contributed by atoms with Gasteiger partial charge in [-0.1, -0.05) is 55.5 Å². The average Bonchev–Trinajstić information content (AvgIpc) is 2.68. The summed E-state index contributed by atoms with van der Waals surface area (Å²) in [5.41, 5.74) is 4.26. The lowest BCUT2D eigenvalue weighted by molar-refractivity contribution is 0.0934. The predicted molar refractivity (Wildman–Crippen MR) is 108 cm³/mol. The molecular formula is C22H24N4O. The number of aromatic nitrogens is 2.